The third-order valence-corrected chi connectivity index (χ3v) is 5.35. The SMILES string of the molecule is Cc1cc2oc(=O)cc(COC(=O)c3ccc(CS(C)(=O)=O)cc3)c2cc1Cl. The van der Waals surface area contributed by atoms with Gasteiger partial charge in [0.1, 0.15) is 12.2 Å². The van der Waals surface area contributed by atoms with Crippen molar-refractivity contribution in [2.45, 2.75) is 19.3 Å². The van der Waals surface area contributed by atoms with Crippen LogP contribution in [0.3, 0.4) is 0 Å². The highest BCUT2D eigenvalue weighted by Crippen LogP contribution is 2.25. The molecule has 0 atom stereocenters. The van der Waals surface area contributed by atoms with Crippen molar-refractivity contribution in [3.8, 4) is 0 Å². The third kappa shape index (κ3) is 4.79. The van der Waals surface area contributed by atoms with Gasteiger partial charge >= 0.3 is 11.6 Å². The van der Waals surface area contributed by atoms with Crippen molar-refractivity contribution in [1.29, 1.82) is 0 Å². The fourth-order valence-corrected chi connectivity index (χ4v) is 3.70. The minimum absolute atomic E-state index is 0.103. The molecule has 0 spiro atoms. The predicted molar refractivity (Wildman–Crippen MR) is 106 cm³/mol. The molecule has 0 N–H and O–H groups in total. The molecule has 3 aromatic rings. The van der Waals surface area contributed by atoms with Crippen LogP contribution in [-0.2, 0) is 26.9 Å². The number of hydrogen-bond donors (Lipinski definition) is 0. The second kappa shape index (κ2) is 7.77. The predicted octanol–water partition coefficient (Wildman–Crippen LogP) is 3.66. The number of sulfone groups is 1. The summed E-state index contributed by atoms with van der Waals surface area (Å²) < 4.78 is 33.1. The number of esters is 1. The first-order valence-electron chi connectivity index (χ1n) is 8.29. The van der Waals surface area contributed by atoms with Crippen LogP contribution in [0.15, 0.2) is 51.7 Å². The molecule has 0 fully saturated rings. The molecule has 0 radical (unpaired) electrons. The number of ether oxygens (including phenoxy) is 1. The topological polar surface area (TPSA) is 90.7 Å². The Kier molecular flexibility index (Phi) is 5.58. The molecule has 0 aliphatic heterocycles. The fourth-order valence-electron chi connectivity index (χ4n) is 2.73. The molecule has 146 valence electrons. The zero-order valence-electron chi connectivity index (χ0n) is 15.2. The molecule has 0 aliphatic rings. The minimum Gasteiger partial charge on any atom is -0.457 e. The van der Waals surface area contributed by atoms with Crippen LogP contribution in [0, 0.1) is 6.92 Å². The number of benzene rings is 2. The zero-order chi connectivity index (χ0) is 20.5. The Bertz CT molecular complexity index is 1210. The van der Waals surface area contributed by atoms with Crippen LogP contribution in [0.4, 0.5) is 0 Å². The molecular formula is C20H17ClO6S. The smallest absolute Gasteiger partial charge is 0.338 e. The van der Waals surface area contributed by atoms with E-state index in [0.717, 1.165) is 11.8 Å². The third-order valence-electron chi connectivity index (χ3n) is 4.09. The summed E-state index contributed by atoms with van der Waals surface area (Å²) >= 11 is 6.15. The molecule has 6 nitrogen and oxygen atoms in total. The normalized spacial score (nSPS) is 11.5. The second-order valence-corrected chi connectivity index (χ2v) is 9.08. The summed E-state index contributed by atoms with van der Waals surface area (Å²) in [6.07, 6.45) is 1.14. The molecule has 1 heterocycles. The summed E-state index contributed by atoms with van der Waals surface area (Å²) in [5.41, 5.74) is 1.92. The van der Waals surface area contributed by atoms with Crippen molar-refractivity contribution in [3.05, 3.63) is 80.2 Å². The summed E-state index contributed by atoms with van der Waals surface area (Å²) in [5, 5.41) is 1.10. The molecule has 0 aliphatic carbocycles. The standard InChI is InChI=1S/C20H17ClO6S/c1-12-7-18-16(9-17(12)21)15(8-19(22)27-18)10-26-20(23)14-5-3-13(4-6-14)11-28(2,24)25/h3-9H,10-11H2,1-2H3. The second-order valence-electron chi connectivity index (χ2n) is 6.53. The van der Waals surface area contributed by atoms with Gasteiger partial charge in [0.05, 0.1) is 11.3 Å². The molecule has 8 heteroatoms. The lowest BCUT2D eigenvalue weighted by atomic mass is 10.1. The maximum absolute atomic E-state index is 12.3. The molecular weight excluding hydrogens is 404 g/mol. The summed E-state index contributed by atoms with van der Waals surface area (Å²) in [7, 11) is -3.15. The Morgan fingerprint density at radius 2 is 1.82 bits per heavy atom. The summed E-state index contributed by atoms with van der Waals surface area (Å²) in [6.45, 7) is 1.66. The van der Waals surface area contributed by atoms with E-state index in [0.29, 0.717) is 27.1 Å². The van der Waals surface area contributed by atoms with Crippen LogP contribution in [0.25, 0.3) is 11.0 Å². The highest BCUT2D eigenvalue weighted by molar-refractivity contribution is 7.89. The number of aryl methyl sites for hydroxylation is 1. The summed E-state index contributed by atoms with van der Waals surface area (Å²) in [4.78, 5) is 24.1. The first-order valence-corrected chi connectivity index (χ1v) is 10.7. The van der Waals surface area contributed by atoms with Crippen molar-refractivity contribution in [2.75, 3.05) is 6.26 Å². The van der Waals surface area contributed by atoms with Crippen molar-refractivity contribution >= 4 is 38.4 Å². The van der Waals surface area contributed by atoms with E-state index in [-0.39, 0.29) is 17.9 Å². The molecule has 28 heavy (non-hydrogen) atoms. The van der Waals surface area contributed by atoms with Gasteiger partial charge in [0.15, 0.2) is 9.84 Å². The Balaban J connectivity index is 1.79. The number of carbonyl (C=O) groups is 1. The van der Waals surface area contributed by atoms with Gasteiger partial charge in [-0.2, -0.15) is 0 Å². The lowest BCUT2D eigenvalue weighted by molar-refractivity contribution is 0.0474. The van der Waals surface area contributed by atoms with Crippen LogP contribution < -0.4 is 5.63 Å². The van der Waals surface area contributed by atoms with E-state index in [4.69, 9.17) is 20.8 Å². The highest BCUT2D eigenvalue weighted by Gasteiger charge is 2.13. The van der Waals surface area contributed by atoms with Crippen molar-refractivity contribution < 1.29 is 22.4 Å². The van der Waals surface area contributed by atoms with Gasteiger partial charge in [0.25, 0.3) is 0 Å². The van der Waals surface area contributed by atoms with Crippen LogP contribution in [0.5, 0.6) is 0 Å². The monoisotopic (exact) mass is 420 g/mol. The Hall–Kier alpha value is -2.64. The number of fused-ring (bicyclic) bond motifs is 1. The molecule has 1 aromatic heterocycles. The van der Waals surface area contributed by atoms with E-state index in [2.05, 4.69) is 0 Å². The van der Waals surface area contributed by atoms with Gasteiger partial charge < -0.3 is 9.15 Å². The molecule has 0 bridgehead atoms. The zero-order valence-corrected chi connectivity index (χ0v) is 16.8. The summed E-state index contributed by atoms with van der Waals surface area (Å²) in [6, 6.07) is 10.7. The van der Waals surface area contributed by atoms with Crippen molar-refractivity contribution in [1.82, 2.24) is 0 Å². The minimum atomic E-state index is -3.15. The molecule has 0 saturated heterocycles. The highest BCUT2D eigenvalue weighted by atomic mass is 35.5. The van der Waals surface area contributed by atoms with E-state index >= 15 is 0 Å². The van der Waals surface area contributed by atoms with E-state index in [1.807, 2.05) is 0 Å². The quantitative estimate of drug-likeness (QED) is 0.462. The van der Waals surface area contributed by atoms with Gasteiger partial charge in [0, 0.05) is 28.3 Å². The summed E-state index contributed by atoms with van der Waals surface area (Å²) in [5.74, 6) is -0.695. The molecule has 2 aromatic carbocycles. The van der Waals surface area contributed by atoms with Gasteiger partial charge in [-0.3, -0.25) is 0 Å². The van der Waals surface area contributed by atoms with Crippen LogP contribution in [0.2, 0.25) is 5.02 Å². The fraction of sp³-hybridized carbons (Fsp3) is 0.200. The first kappa shape index (κ1) is 20.1. The molecule has 0 saturated carbocycles. The lowest BCUT2D eigenvalue weighted by Crippen LogP contribution is -2.08. The number of halogens is 1. The molecule has 0 amide bonds. The van der Waals surface area contributed by atoms with E-state index < -0.39 is 21.4 Å². The number of hydrogen-bond acceptors (Lipinski definition) is 6. The van der Waals surface area contributed by atoms with Crippen molar-refractivity contribution in [3.63, 3.8) is 0 Å². The lowest BCUT2D eigenvalue weighted by Gasteiger charge is -2.09. The Morgan fingerprint density at radius 3 is 2.46 bits per heavy atom. The Morgan fingerprint density at radius 1 is 1.14 bits per heavy atom. The first-order chi connectivity index (χ1) is 13.1. The largest absolute Gasteiger partial charge is 0.457 e. The molecule has 3 rings (SSSR count). The van der Waals surface area contributed by atoms with Crippen molar-refractivity contribution in [2.24, 2.45) is 0 Å². The van der Waals surface area contributed by atoms with E-state index in [1.165, 1.54) is 18.2 Å². The Labute approximate surface area is 166 Å². The van der Waals surface area contributed by atoms with Crippen LogP contribution >= 0.6 is 11.6 Å². The maximum Gasteiger partial charge on any atom is 0.338 e. The van der Waals surface area contributed by atoms with Gasteiger partial charge in [-0.25, -0.2) is 18.0 Å². The van der Waals surface area contributed by atoms with E-state index in [9.17, 15) is 18.0 Å². The van der Waals surface area contributed by atoms with Crippen LogP contribution in [0.1, 0.15) is 27.0 Å². The van der Waals surface area contributed by atoms with Gasteiger partial charge in [-0.1, -0.05) is 23.7 Å². The maximum atomic E-state index is 12.3. The average Bonchev–Trinajstić information content (AvgIpc) is 2.60. The molecule has 0 unspecified atom stereocenters. The number of carbonyl (C=O) groups excluding carboxylic acids is 1. The van der Waals surface area contributed by atoms with Crippen LogP contribution in [-0.4, -0.2) is 20.6 Å². The van der Waals surface area contributed by atoms with Gasteiger partial charge in [-0.15, -0.1) is 0 Å². The number of rotatable bonds is 5. The average molecular weight is 421 g/mol. The van der Waals surface area contributed by atoms with E-state index in [1.54, 1.807) is 31.2 Å². The van der Waals surface area contributed by atoms with Gasteiger partial charge in [-0.05, 0) is 42.3 Å². The van der Waals surface area contributed by atoms with Gasteiger partial charge in [0.2, 0.25) is 0 Å².